The van der Waals surface area contributed by atoms with Crippen LogP contribution in [0.2, 0.25) is 0 Å². The van der Waals surface area contributed by atoms with Gasteiger partial charge in [0.15, 0.2) is 0 Å². The summed E-state index contributed by atoms with van der Waals surface area (Å²) in [6, 6.07) is 5.77. The van der Waals surface area contributed by atoms with E-state index >= 15 is 0 Å². The maximum Gasteiger partial charge on any atom is 0.242 e. The van der Waals surface area contributed by atoms with Crippen molar-refractivity contribution in [3.63, 3.8) is 0 Å². The standard InChI is InChI=1S/C15H23N3OS/c1-3-4-7-17-15(19)11(2)18-8-9-20-14-6-5-12(16)10-13(14)18/h5-6,10-11H,3-4,7-9,16H2,1-2H3,(H,17,19). The molecule has 0 saturated carbocycles. The molecule has 1 heterocycles. The molecule has 0 aliphatic carbocycles. The van der Waals surface area contributed by atoms with Crippen LogP contribution >= 0.6 is 11.8 Å². The smallest absolute Gasteiger partial charge is 0.242 e. The van der Waals surface area contributed by atoms with Crippen molar-refractivity contribution in [2.24, 2.45) is 0 Å². The molecule has 20 heavy (non-hydrogen) atoms. The van der Waals surface area contributed by atoms with Crippen molar-refractivity contribution in [1.29, 1.82) is 0 Å². The number of nitrogens with zero attached hydrogens (tertiary/aromatic N) is 1. The fourth-order valence-electron chi connectivity index (χ4n) is 2.34. The summed E-state index contributed by atoms with van der Waals surface area (Å²) in [4.78, 5) is 15.6. The summed E-state index contributed by atoms with van der Waals surface area (Å²) in [6.07, 6.45) is 2.12. The van der Waals surface area contributed by atoms with Gasteiger partial charge < -0.3 is 16.0 Å². The summed E-state index contributed by atoms with van der Waals surface area (Å²) >= 11 is 1.82. The van der Waals surface area contributed by atoms with Crippen LogP contribution in [-0.2, 0) is 4.79 Å². The lowest BCUT2D eigenvalue weighted by Gasteiger charge is -2.35. The largest absolute Gasteiger partial charge is 0.399 e. The molecule has 3 N–H and O–H groups in total. The zero-order chi connectivity index (χ0) is 14.5. The molecule has 1 aliphatic rings. The number of anilines is 2. The van der Waals surface area contributed by atoms with Crippen LogP contribution in [0.25, 0.3) is 0 Å². The number of rotatable bonds is 5. The first-order valence-corrected chi connectivity index (χ1v) is 8.18. The van der Waals surface area contributed by atoms with Crippen LogP contribution in [0.4, 0.5) is 11.4 Å². The predicted molar refractivity (Wildman–Crippen MR) is 86.3 cm³/mol. The van der Waals surface area contributed by atoms with Gasteiger partial charge in [-0.1, -0.05) is 13.3 Å². The third-order valence-corrected chi connectivity index (χ3v) is 4.60. The molecule has 0 saturated heterocycles. The maximum atomic E-state index is 12.2. The molecule has 0 radical (unpaired) electrons. The van der Waals surface area contributed by atoms with Gasteiger partial charge in [-0.05, 0) is 31.5 Å². The Bertz CT molecular complexity index is 478. The molecular formula is C15H23N3OS. The number of fused-ring (bicyclic) bond motifs is 1. The van der Waals surface area contributed by atoms with Crippen molar-refractivity contribution in [2.45, 2.75) is 37.6 Å². The average Bonchev–Trinajstić information content (AvgIpc) is 2.46. The summed E-state index contributed by atoms with van der Waals surface area (Å²) in [5.41, 5.74) is 7.71. The Kier molecular flexibility index (Phi) is 5.17. The number of carbonyl (C=O) groups excluding carboxylic acids is 1. The molecule has 0 spiro atoms. The molecule has 110 valence electrons. The van der Waals surface area contributed by atoms with Gasteiger partial charge in [-0.2, -0.15) is 0 Å². The van der Waals surface area contributed by atoms with E-state index in [2.05, 4.69) is 17.1 Å². The molecule has 0 bridgehead atoms. The lowest BCUT2D eigenvalue weighted by molar-refractivity contribution is -0.122. The quantitative estimate of drug-likeness (QED) is 0.647. The second kappa shape index (κ2) is 6.88. The number of amides is 1. The fourth-order valence-corrected chi connectivity index (χ4v) is 3.33. The molecular weight excluding hydrogens is 270 g/mol. The highest BCUT2D eigenvalue weighted by molar-refractivity contribution is 7.99. The molecule has 1 aromatic carbocycles. The van der Waals surface area contributed by atoms with E-state index in [-0.39, 0.29) is 11.9 Å². The number of benzene rings is 1. The van der Waals surface area contributed by atoms with Crippen molar-refractivity contribution in [1.82, 2.24) is 5.32 Å². The van der Waals surface area contributed by atoms with E-state index in [4.69, 9.17) is 5.73 Å². The molecule has 4 nitrogen and oxygen atoms in total. The van der Waals surface area contributed by atoms with Crippen molar-refractivity contribution >= 4 is 29.0 Å². The van der Waals surface area contributed by atoms with Crippen LogP contribution in [0.1, 0.15) is 26.7 Å². The first-order valence-electron chi connectivity index (χ1n) is 7.20. The number of hydrogen-bond donors (Lipinski definition) is 2. The van der Waals surface area contributed by atoms with E-state index in [0.717, 1.165) is 43.1 Å². The molecule has 1 atom stereocenters. The Labute approximate surface area is 125 Å². The van der Waals surface area contributed by atoms with E-state index in [1.54, 1.807) is 0 Å². The highest BCUT2D eigenvalue weighted by Crippen LogP contribution is 2.37. The minimum absolute atomic E-state index is 0.0960. The number of nitrogens with one attached hydrogen (secondary N) is 1. The third-order valence-electron chi connectivity index (χ3n) is 3.56. The van der Waals surface area contributed by atoms with Gasteiger partial charge in [0.05, 0.1) is 5.69 Å². The van der Waals surface area contributed by atoms with E-state index in [1.165, 1.54) is 4.90 Å². The number of thioether (sulfide) groups is 1. The monoisotopic (exact) mass is 293 g/mol. The number of nitrogens with two attached hydrogens (primary N) is 1. The third kappa shape index (κ3) is 3.39. The maximum absolute atomic E-state index is 12.2. The molecule has 0 fully saturated rings. The second-order valence-corrected chi connectivity index (χ2v) is 6.23. The fraction of sp³-hybridized carbons (Fsp3) is 0.533. The van der Waals surface area contributed by atoms with Gasteiger partial charge in [0, 0.05) is 29.4 Å². The molecule has 0 aromatic heterocycles. The van der Waals surface area contributed by atoms with Gasteiger partial charge in [-0.3, -0.25) is 4.79 Å². The molecule has 1 aliphatic heterocycles. The lowest BCUT2D eigenvalue weighted by atomic mass is 10.2. The van der Waals surface area contributed by atoms with Crippen molar-refractivity contribution in [3.8, 4) is 0 Å². The summed E-state index contributed by atoms with van der Waals surface area (Å²) in [5, 5.41) is 3.01. The van der Waals surface area contributed by atoms with Crippen LogP contribution in [0, 0.1) is 0 Å². The zero-order valence-electron chi connectivity index (χ0n) is 12.2. The first kappa shape index (κ1) is 15.0. The topological polar surface area (TPSA) is 58.4 Å². The molecule has 2 rings (SSSR count). The summed E-state index contributed by atoms with van der Waals surface area (Å²) in [6.45, 7) is 5.72. The Morgan fingerprint density at radius 3 is 3.10 bits per heavy atom. The first-order chi connectivity index (χ1) is 9.63. The van der Waals surface area contributed by atoms with E-state index in [0.29, 0.717) is 0 Å². The predicted octanol–water partition coefficient (Wildman–Crippen LogP) is 2.49. The average molecular weight is 293 g/mol. The van der Waals surface area contributed by atoms with Gasteiger partial charge in [0.25, 0.3) is 0 Å². The van der Waals surface area contributed by atoms with Gasteiger partial charge in [-0.25, -0.2) is 0 Å². The van der Waals surface area contributed by atoms with Crippen molar-refractivity contribution in [2.75, 3.05) is 29.5 Å². The Balaban J connectivity index is 2.10. The SMILES string of the molecule is CCCCNC(=O)C(C)N1CCSc2ccc(N)cc21. The van der Waals surface area contributed by atoms with E-state index in [9.17, 15) is 4.79 Å². The van der Waals surface area contributed by atoms with Crippen molar-refractivity contribution < 1.29 is 4.79 Å². The minimum Gasteiger partial charge on any atom is -0.399 e. The van der Waals surface area contributed by atoms with Crippen LogP contribution in [0.15, 0.2) is 23.1 Å². The van der Waals surface area contributed by atoms with Gasteiger partial charge in [0.1, 0.15) is 6.04 Å². The lowest BCUT2D eigenvalue weighted by Crippen LogP contribution is -2.47. The van der Waals surface area contributed by atoms with Crippen LogP contribution in [-0.4, -0.2) is 30.8 Å². The van der Waals surface area contributed by atoms with Crippen LogP contribution in [0.3, 0.4) is 0 Å². The Hall–Kier alpha value is -1.36. The molecule has 1 unspecified atom stereocenters. The number of hydrogen-bond acceptors (Lipinski definition) is 4. The van der Waals surface area contributed by atoms with Gasteiger partial charge in [0.2, 0.25) is 5.91 Å². The highest BCUT2D eigenvalue weighted by atomic mass is 32.2. The van der Waals surface area contributed by atoms with Gasteiger partial charge in [-0.15, -0.1) is 11.8 Å². The number of carbonyl (C=O) groups is 1. The molecule has 1 aromatic rings. The van der Waals surface area contributed by atoms with Crippen molar-refractivity contribution in [3.05, 3.63) is 18.2 Å². The van der Waals surface area contributed by atoms with E-state index in [1.807, 2.05) is 36.9 Å². The van der Waals surface area contributed by atoms with Crippen LogP contribution < -0.4 is 16.0 Å². The van der Waals surface area contributed by atoms with Crippen LogP contribution in [0.5, 0.6) is 0 Å². The normalized spacial score (nSPS) is 15.6. The Morgan fingerprint density at radius 2 is 2.35 bits per heavy atom. The molecule has 1 amide bonds. The summed E-state index contributed by atoms with van der Waals surface area (Å²) in [5.74, 6) is 1.10. The minimum atomic E-state index is -0.159. The summed E-state index contributed by atoms with van der Waals surface area (Å²) < 4.78 is 0. The highest BCUT2D eigenvalue weighted by Gasteiger charge is 2.26. The molecule has 5 heteroatoms. The number of nitrogen functional groups attached to an aromatic ring is 1. The second-order valence-electron chi connectivity index (χ2n) is 5.09. The Morgan fingerprint density at radius 1 is 1.55 bits per heavy atom. The number of unbranched alkanes of at least 4 members (excludes halogenated alkanes) is 1. The van der Waals surface area contributed by atoms with E-state index < -0.39 is 0 Å². The summed E-state index contributed by atoms with van der Waals surface area (Å²) in [7, 11) is 0. The van der Waals surface area contributed by atoms with Gasteiger partial charge >= 0.3 is 0 Å². The zero-order valence-corrected chi connectivity index (χ0v) is 13.0.